The fraction of sp³-hybridized carbons (Fsp3) is 0.360. The second-order valence-electron chi connectivity index (χ2n) is 9.20. The van der Waals surface area contributed by atoms with Crippen molar-refractivity contribution in [3.63, 3.8) is 0 Å². The average molecular weight is 477 g/mol. The van der Waals surface area contributed by atoms with E-state index in [4.69, 9.17) is 27.3 Å². The van der Waals surface area contributed by atoms with Crippen molar-refractivity contribution in [2.24, 2.45) is 16.1 Å². The Morgan fingerprint density at radius 3 is 2.79 bits per heavy atom. The summed E-state index contributed by atoms with van der Waals surface area (Å²) in [7, 11) is 0. The summed E-state index contributed by atoms with van der Waals surface area (Å²) in [6, 6.07) is 10.7. The Balaban J connectivity index is 1.13. The van der Waals surface area contributed by atoms with Crippen LogP contribution in [-0.4, -0.2) is 38.8 Å². The molecule has 8 heteroatoms. The minimum atomic E-state index is 0.130. The molecule has 3 aromatic rings. The van der Waals surface area contributed by atoms with Crippen LogP contribution in [0.3, 0.4) is 0 Å². The molecular formula is C25H25ClN6S. The number of piperidine rings is 1. The molecule has 3 aliphatic rings. The highest BCUT2D eigenvalue weighted by atomic mass is 35.5. The Kier molecular flexibility index (Phi) is 5.16. The number of aryl methyl sites for hydroxylation is 1. The van der Waals surface area contributed by atoms with Gasteiger partial charge < -0.3 is 10.6 Å². The molecule has 1 aromatic carbocycles. The quantitative estimate of drug-likeness (QED) is 0.566. The normalized spacial score (nSPS) is 20.6. The zero-order valence-corrected chi connectivity index (χ0v) is 20.0. The number of hydrogen-bond acceptors (Lipinski definition) is 7. The zero-order valence-electron chi connectivity index (χ0n) is 18.5. The highest BCUT2D eigenvalue weighted by Gasteiger charge is 2.46. The van der Waals surface area contributed by atoms with Crippen molar-refractivity contribution < 1.29 is 0 Å². The predicted molar refractivity (Wildman–Crippen MR) is 131 cm³/mol. The lowest BCUT2D eigenvalue weighted by Gasteiger charge is -2.43. The summed E-state index contributed by atoms with van der Waals surface area (Å²) in [5.41, 5.74) is 11.4. The van der Waals surface area contributed by atoms with Crippen molar-refractivity contribution in [2.75, 3.05) is 13.1 Å². The van der Waals surface area contributed by atoms with Gasteiger partial charge in [0.25, 0.3) is 0 Å². The molecule has 1 atom stereocenters. The Morgan fingerprint density at radius 2 is 1.97 bits per heavy atom. The van der Waals surface area contributed by atoms with Crippen LogP contribution in [0.2, 0.25) is 5.02 Å². The fourth-order valence-electron chi connectivity index (χ4n) is 5.39. The Hall–Kier alpha value is -2.48. The molecule has 6 rings (SSSR count). The smallest absolute Gasteiger partial charge is 0.176 e. The van der Waals surface area contributed by atoms with Crippen LogP contribution in [0.4, 0.5) is 5.82 Å². The van der Waals surface area contributed by atoms with Gasteiger partial charge in [-0.1, -0.05) is 47.6 Å². The van der Waals surface area contributed by atoms with Gasteiger partial charge in [-0.05, 0) is 48.8 Å². The van der Waals surface area contributed by atoms with Crippen molar-refractivity contribution in [3.05, 3.63) is 70.3 Å². The van der Waals surface area contributed by atoms with Crippen LogP contribution in [0.15, 0.2) is 57.6 Å². The monoisotopic (exact) mass is 476 g/mol. The number of aliphatic imine (C=N–C) groups is 1. The van der Waals surface area contributed by atoms with Crippen LogP contribution in [0, 0.1) is 12.3 Å². The molecule has 0 radical (unpaired) electrons. The van der Waals surface area contributed by atoms with E-state index in [1.165, 1.54) is 22.9 Å². The van der Waals surface area contributed by atoms with Crippen LogP contribution < -0.4 is 5.73 Å². The number of pyridine rings is 1. The van der Waals surface area contributed by atoms with E-state index < -0.39 is 0 Å². The predicted octanol–water partition coefficient (Wildman–Crippen LogP) is 4.91. The van der Waals surface area contributed by atoms with Crippen molar-refractivity contribution in [3.8, 4) is 0 Å². The molecule has 2 N–H and O–H groups in total. The SMILES string of the molecule is Cc1nccc(Sc2cnc3c(n2)CC(N2CCC4(CC2)Cc2ccccc2[C@H]4N)=N3)c1Cl. The third-order valence-electron chi connectivity index (χ3n) is 7.32. The van der Waals surface area contributed by atoms with Crippen molar-refractivity contribution >= 4 is 35.0 Å². The van der Waals surface area contributed by atoms with Crippen LogP contribution in [0.1, 0.15) is 41.4 Å². The summed E-state index contributed by atoms with van der Waals surface area (Å²) in [5, 5.41) is 1.49. The number of amidine groups is 1. The lowest BCUT2D eigenvalue weighted by Crippen LogP contribution is -2.46. The summed E-state index contributed by atoms with van der Waals surface area (Å²) in [6.45, 7) is 3.85. The van der Waals surface area contributed by atoms with E-state index in [0.29, 0.717) is 5.02 Å². The molecule has 6 nitrogen and oxygen atoms in total. The summed E-state index contributed by atoms with van der Waals surface area (Å²) in [4.78, 5) is 21.8. The minimum Gasteiger partial charge on any atom is -0.360 e. The molecule has 33 heavy (non-hydrogen) atoms. The molecular weight excluding hydrogens is 452 g/mol. The van der Waals surface area contributed by atoms with E-state index in [-0.39, 0.29) is 11.5 Å². The highest BCUT2D eigenvalue weighted by Crippen LogP contribution is 2.50. The third kappa shape index (κ3) is 3.63. The second kappa shape index (κ2) is 8.08. The number of fused-ring (bicyclic) bond motifs is 2. The fourth-order valence-corrected chi connectivity index (χ4v) is 6.47. The van der Waals surface area contributed by atoms with E-state index in [1.807, 2.05) is 13.0 Å². The van der Waals surface area contributed by atoms with Gasteiger partial charge >= 0.3 is 0 Å². The Bertz CT molecular complexity index is 1270. The largest absolute Gasteiger partial charge is 0.360 e. The maximum Gasteiger partial charge on any atom is 0.176 e. The van der Waals surface area contributed by atoms with Gasteiger partial charge in [0.2, 0.25) is 0 Å². The first-order valence-corrected chi connectivity index (χ1v) is 12.5. The molecule has 0 saturated carbocycles. The number of likely N-dealkylation sites (tertiary alicyclic amines) is 1. The minimum absolute atomic E-state index is 0.130. The van der Waals surface area contributed by atoms with Gasteiger partial charge in [-0.15, -0.1) is 0 Å². The van der Waals surface area contributed by atoms with Gasteiger partial charge in [0.15, 0.2) is 5.82 Å². The van der Waals surface area contributed by atoms with Gasteiger partial charge in [-0.25, -0.2) is 15.0 Å². The van der Waals surface area contributed by atoms with E-state index in [1.54, 1.807) is 12.4 Å². The molecule has 0 unspecified atom stereocenters. The first kappa shape index (κ1) is 21.1. The summed E-state index contributed by atoms with van der Waals surface area (Å²) < 4.78 is 0. The van der Waals surface area contributed by atoms with Crippen LogP contribution in [0.25, 0.3) is 0 Å². The molecule has 0 bridgehead atoms. The van der Waals surface area contributed by atoms with E-state index in [0.717, 1.165) is 71.7 Å². The summed E-state index contributed by atoms with van der Waals surface area (Å²) in [6.07, 6.45) is 7.52. The topological polar surface area (TPSA) is 80.3 Å². The molecule has 2 aromatic heterocycles. The van der Waals surface area contributed by atoms with E-state index >= 15 is 0 Å². The number of nitrogens with zero attached hydrogens (tertiary/aromatic N) is 5. The molecule has 0 amide bonds. The maximum atomic E-state index is 6.74. The molecule has 1 fully saturated rings. The van der Waals surface area contributed by atoms with Crippen molar-refractivity contribution in [2.45, 2.75) is 48.6 Å². The van der Waals surface area contributed by atoms with Gasteiger partial charge in [0.1, 0.15) is 10.9 Å². The molecule has 168 valence electrons. The van der Waals surface area contributed by atoms with Crippen LogP contribution in [-0.2, 0) is 12.8 Å². The summed E-state index contributed by atoms with van der Waals surface area (Å²) >= 11 is 7.92. The number of benzene rings is 1. The lowest BCUT2D eigenvalue weighted by atomic mass is 9.73. The van der Waals surface area contributed by atoms with E-state index in [9.17, 15) is 0 Å². The Labute approximate surface area is 202 Å². The van der Waals surface area contributed by atoms with Crippen molar-refractivity contribution in [1.29, 1.82) is 0 Å². The van der Waals surface area contributed by atoms with Gasteiger partial charge in [-0.2, -0.15) is 0 Å². The van der Waals surface area contributed by atoms with Gasteiger partial charge in [0, 0.05) is 30.2 Å². The number of rotatable bonds is 2. The molecule has 1 saturated heterocycles. The van der Waals surface area contributed by atoms with Crippen LogP contribution >= 0.6 is 23.4 Å². The number of aromatic nitrogens is 3. The molecule has 4 heterocycles. The van der Waals surface area contributed by atoms with E-state index in [2.05, 4.69) is 39.1 Å². The third-order valence-corrected chi connectivity index (χ3v) is 8.88. The Morgan fingerprint density at radius 1 is 1.15 bits per heavy atom. The average Bonchev–Trinajstić information content (AvgIpc) is 3.37. The first-order chi connectivity index (χ1) is 16.0. The maximum absolute atomic E-state index is 6.74. The second-order valence-corrected chi connectivity index (χ2v) is 10.6. The molecule has 1 spiro atoms. The summed E-state index contributed by atoms with van der Waals surface area (Å²) in [5.74, 6) is 1.81. The highest BCUT2D eigenvalue weighted by molar-refractivity contribution is 7.99. The number of nitrogens with two attached hydrogens (primary N) is 1. The standard InChI is InChI=1S/C25H25ClN6S/c1-15-22(26)19(6-9-28-15)33-21-14-29-24-18(30-21)12-20(31-24)32-10-7-25(8-11-32)13-16-4-2-3-5-17(16)23(25)27/h2-6,9,14,23H,7-8,10-13,27H2,1H3/t23-/m1/s1. The zero-order chi connectivity index (χ0) is 22.6. The van der Waals surface area contributed by atoms with Crippen LogP contribution in [0.5, 0.6) is 0 Å². The molecule has 2 aliphatic heterocycles. The lowest BCUT2D eigenvalue weighted by molar-refractivity contribution is 0.127. The van der Waals surface area contributed by atoms with Gasteiger partial charge in [0.05, 0.1) is 29.0 Å². The molecule has 1 aliphatic carbocycles. The first-order valence-electron chi connectivity index (χ1n) is 11.3. The van der Waals surface area contributed by atoms with Gasteiger partial charge in [-0.3, -0.25) is 4.98 Å². The van der Waals surface area contributed by atoms with Crippen molar-refractivity contribution in [1.82, 2.24) is 19.9 Å². The number of halogens is 1. The number of hydrogen-bond donors (Lipinski definition) is 1.